The van der Waals surface area contributed by atoms with Gasteiger partial charge in [0.15, 0.2) is 0 Å². The Morgan fingerprint density at radius 2 is 2.28 bits per heavy atom. The van der Waals surface area contributed by atoms with Gasteiger partial charge in [-0.25, -0.2) is 9.78 Å². The predicted molar refractivity (Wildman–Crippen MR) is 95.1 cm³/mol. The van der Waals surface area contributed by atoms with Crippen molar-refractivity contribution in [3.05, 3.63) is 48.5 Å². The summed E-state index contributed by atoms with van der Waals surface area (Å²) in [6.07, 6.45) is 6.81. The van der Waals surface area contributed by atoms with Gasteiger partial charge in [-0.1, -0.05) is 12.1 Å². The van der Waals surface area contributed by atoms with Crippen molar-refractivity contribution in [1.29, 1.82) is 0 Å². The van der Waals surface area contributed by atoms with Crippen LogP contribution in [0.2, 0.25) is 0 Å². The van der Waals surface area contributed by atoms with E-state index in [9.17, 15) is 9.59 Å². The standard InChI is InChI=1S/C18H23N5O2/c1-14(12-22-9-7-19-13-22)21-18(25)20-11-15-4-2-5-16(10-15)23-8-3-6-17(23)24/h2,4-5,7,9-10,13-14H,3,6,8,11-12H2,1H3,(H2,20,21,25)/t14-/m0/s1. The number of carbonyl (C=O) groups excluding carboxylic acids is 2. The maximum atomic E-state index is 12.0. The first kappa shape index (κ1) is 17.0. The first-order valence-corrected chi connectivity index (χ1v) is 8.51. The molecular formula is C18H23N5O2. The van der Waals surface area contributed by atoms with Gasteiger partial charge in [0.25, 0.3) is 0 Å². The van der Waals surface area contributed by atoms with Crippen molar-refractivity contribution >= 4 is 17.6 Å². The molecule has 1 saturated heterocycles. The minimum Gasteiger partial charge on any atom is -0.335 e. The molecule has 1 fully saturated rings. The van der Waals surface area contributed by atoms with E-state index in [0.717, 1.165) is 24.2 Å². The highest BCUT2D eigenvalue weighted by Gasteiger charge is 2.21. The zero-order valence-corrected chi connectivity index (χ0v) is 14.3. The molecule has 0 aliphatic carbocycles. The lowest BCUT2D eigenvalue weighted by Crippen LogP contribution is -2.42. The number of amides is 3. The first-order chi connectivity index (χ1) is 12.1. The van der Waals surface area contributed by atoms with Crippen LogP contribution in [-0.4, -0.2) is 34.1 Å². The van der Waals surface area contributed by atoms with Gasteiger partial charge in [-0.05, 0) is 31.0 Å². The molecule has 3 rings (SSSR count). The van der Waals surface area contributed by atoms with E-state index in [0.29, 0.717) is 19.5 Å². The maximum Gasteiger partial charge on any atom is 0.315 e. The number of urea groups is 1. The summed E-state index contributed by atoms with van der Waals surface area (Å²) in [7, 11) is 0. The van der Waals surface area contributed by atoms with Crippen molar-refractivity contribution < 1.29 is 9.59 Å². The Labute approximate surface area is 147 Å². The van der Waals surface area contributed by atoms with Crippen LogP contribution in [0.5, 0.6) is 0 Å². The van der Waals surface area contributed by atoms with E-state index in [-0.39, 0.29) is 18.0 Å². The summed E-state index contributed by atoms with van der Waals surface area (Å²) >= 11 is 0. The number of nitrogens with one attached hydrogen (secondary N) is 2. The minimum absolute atomic E-state index is 0.0113. The van der Waals surface area contributed by atoms with Gasteiger partial charge in [0.05, 0.1) is 6.33 Å². The molecule has 0 bridgehead atoms. The topological polar surface area (TPSA) is 79.3 Å². The fourth-order valence-corrected chi connectivity index (χ4v) is 2.97. The number of benzene rings is 1. The maximum absolute atomic E-state index is 12.0. The molecular weight excluding hydrogens is 318 g/mol. The van der Waals surface area contributed by atoms with Crippen LogP contribution in [0, 0.1) is 0 Å². The minimum atomic E-state index is -0.213. The Hall–Kier alpha value is -2.83. The molecule has 2 heterocycles. The molecule has 132 valence electrons. The fraction of sp³-hybridized carbons (Fsp3) is 0.389. The van der Waals surface area contributed by atoms with Crippen LogP contribution in [0.1, 0.15) is 25.3 Å². The van der Waals surface area contributed by atoms with E-state index in [1.807, 2.05) is 42.0 Å². The number of hydrogen-bond donors (Lipinski definition) is 2. The van der Waals surface area contributed by atoms with E-state index in [1.54, 1.807) is 17.4 Å². The Bertz CT molecular complexity index is 729. The summed E-state index contributed by atoms with van der Waals surface area (Å²) in [4.78, 5) is 29.7. The summed E-state index contributed by atoms with van der Waals surface area (Å²) in [6, 6.07) is 7.52. The molecule has 1 aliphatic heterocycles. The molecule has 7 nitrogen and oxygen atoms in total. The largest absolute Gasteiger partial charge is 0.335 e. The van der Waals surface area contributed by atoms with Crippen molar-refractivity contribution in [1.82, 2.24) is 20.2 Å². The second-order valence-electron chi connectivity index (χ2n) is 6.31. The van der Waals surface area contributed by atoms with Gasteiger partial charge in [0.2, 0.25) is 5.91 Å². The number of rotatable bonds is 6. The van der Waals surface area contributed by atoms with E-state index >= 15 is 0 Å². The monoisotopic (exact) mass is 341 g/mol. The predicted octanol–water partition coefficient (Wildman–Crippen LogP) is 1.90. The summed E-state index contributed by atoms with van der Waals surface area (Å²) < 4.78 is 1.92. The van der Waals surface area contributed by atoms with Gasteiger partial charge in [-0.2, -0.15) is 0 Å². The molecule has 0 saturated carbocycles. The van der Waals surface area contributed by atoms with Crippen molar-refractivity contribution in [2.45, 2.75) is 38.9 Å². The second-order valence-corrected chi connectivity index (χ2v) is 6.31. The second kappa shape index (κ2) is 7.83. The lowest BCUT2D eigenvalue weighted by atomic mass is 10.2. The van der Waals surface area contributed by atoms with E-state index < -0.39 is 0 Å². The summed E-state index contributed by atoms with van der Waals surface area (Å²) in [5, 5.41) is 5.76. The lowest BCUT2D eigenvalue weighted by molar-refractivity contribution is -0.117. The van der Waals surface area contributed by atoms with Gasteiger partial charge in [0.1, 0.15) is 0 Å². The molecule has 1 aromatic heterocycles. The molecule has 1 aliphatic rings. The zero-order chi connectivity index (χ0) is 17.6. The first-order valence-electron chi connectivity index (χ1n) is 8.51. The fourth-order valence-electron chi connectivity index (χ4n) is 2.97. The molecule has 2 N–H and O–H groups in total. The molecule has 0 radical (unpaired) electrons. The highest BCUT2D eigenvalue weighted by atomic mass is 16.2. The lowest BCUT2D eigenvalue weighted by Gasteiger charge is -2.17. The molecule has 7 heteroatoms. The molecule has 0 spiro atoms. The third-order valence-electron chi connectivity index (χ3n) is 4.17. The van der Waals surface area contributed by atoms with Crippen LogP contribution >= 0.6 is 0 Å². The highest BCUT2D eigenvalue weighted by molar-refractivity contribution is 5.95. The van der Waals surface area contributed by atoms with Crippen LogP contribution in [0.15, 0.2) is 43.0 Å². The number of anilines is 1. The number of aromatic nitrogens is 2. The highest BCUT2D eigenvalue weighted by Crippen LogP contribution is 2.22. The van der Waals surface area contributed by atoms with Gasteiger partial charge in [0, 0.05) is 50.2 Å². The van der Waals surface area contributed by atoms with Gasteiger partial charge < -0.3 is 20.1 Å². The molecule has 0 unspecified atom stereocenters. The molecule has 3 amide bonds. The third kappa shape index (κ3) is 4.59. The number of carbonyl (C=O) groups is 2. The van der Waals surface area contributed by atoms with Crippen LogP contribution in [0.25, 0.3) is 0 Å². The molecule has 25 heavy (non-hydrogen) atoms. The normalized spacial score (nSPS) is 15.2. The Kier molecular flexibility index (Phi) is 5.33. The number of nitrogens with zero attached hydrogens (tertiary/aromatic N) is 3. The van der Waals surface area contributed by atoms with Crippen LogP contribution < -0.4 is 15.5 Å². The SMILES string of the molecule is C[C@@H](Cn1ccnc1)NC(=O)NCc1cccc(N2CCCC2=O)c1. The van der Waals surface area contributed by atoms with Crippen LogP contribution in [-0.2, 0) is 17.9 Å². The van der Waals surface area contributed by atoms with E-state index in [2.05, 4.69) is 15.6 Å². The van der Waals surface area contributed by atoms with Crippen molar-refractivity contribution in [3.63, 3.8) is 0 Å². The van der Waals surface area contributed by atoms with E-state index in [1.165, 1.54) is 0 Å². The molecule has 2 aromatic rings. The third-order valence-corrected chi connectivity index (χ3v) is 4.17. The van der Waals surface area contributed by atoms with Gasteiger partial charge >= 0.3 is 6.03 Å². The quantitative estimate of drug-likeness (QED) is 0.842. The van der Waals surface area contributed by atoms with Crippen LogP contribution in [0.4, 0.5) is 10.5 Å². The average molecular weight is 341 g/mol. The summed E-state index contributed by atoms with van der Waals surface area (Å²) in [6.45, 7) is 3.79. The summed E-state index contributed by atoms with van der Waals surface area (Å²) in [5.74, 6) is 0.163. The van der Waals surface area contributed by atoms with Gasteiger partial charge in [-0.3, -0.25) is 4.79 Å². The van der Waals surface area contributed by atoms with Gasteiger partial charge in [-0.15, -0.1) is 0 Å². The Balaban J connectivity index is 1.49. The van der Waals surface area contributed by atoms with Crippen molar-refractivity contribution in [2.75, 3.05) is 11.4 Å². The number of imidazole rings is 1. The van der Waals surface area contributed by atoms with E-state index in [4.69, 9.17) is 0 Å². The Morgan fingerprint density at radius 3 is 3.00 bits per heavy atom. The summed E-state index contributed by atoms with van der Waals surface area (Å²) in [5.41, 5.74) is 1.87. The van der Waals surface area contributed by atoms with Crippen molar-refractivity contribution in [3.8, 4) is 0 Å². The Morgan fingerprint density at radius 1 is 1.40 bits per heavy atom. The van der Waals surface area contributed by atoms with Crippen molar-refractivity contribution in [2.24, 2.45) is 0 Å². The number of hydrogen-bond acceptors (Lipinski definition) is 3. The average Bonchev–Trinajstić information content (AvgIpc) is 3.24. The smallest absolute Gasteiger partial charge is 0.315 e. The zero-order valence-electron chi connectivity index (χ0n) is 14.3. The van der Waals surface area contributed by atoms with Crippen LogP contribution in [0.3, 0.4) is 0 Å². The molecule has 1 aromatic carbocycles. The molecule has 1 atom stereocenters.